The van der Waals surface area contributed by atoms with Crippen molar-refractivity contribution >= 4 is 131 Å². The maximum atomic E-state index is 15.0. The molecular weight excluding hydrogens is 2000 g/mol. The van der Waals surface area contributed by atoms with E-state index >= 15 is 4.39 Å². The van der Waals surface area contributed by atoms with Gasteiger partial charge in [-0.2, -0.15) is 15.3 Å². The SMILES string of the molecule is CCOC(=O)c1csc(-n2nc(-c3ccc(F)c(-c4ccc(C)o4)c3)c(Cc3ccc(NS(=O)[O-])c(F)c3)c2CC2CC2)n1.CCOC(=O)c1csc(-n2nc(-c3ccc(F)c(Br)c3)c(Cc3ccc(NS(=O)[O-])c(F)c3)c2CC2CC2)n1.Cc1ccc(-c2cc(-c3nn(-c4nc(C(=O)O)cs4)c(CC4CC4)c3Cc3ccc(NS(=O)[O-])c(F)c3)ccc2F)o1.Cc1ccc(B2OC(C)(C)C(C)(C)O2)o1. The van der Waals surface area contributed by atoms with Gasteiger partial charge in [0.2, 0.25) is 15.4 Å². The molecule has 4 N–H and O–H groups in total. The molecule has 730 valence electrons. The molecule has 29 nitrogen and oxygen atoms in total. The first kappa shape index (κ1) is 101. The van der Waals surface area contributed by atoms with Gasteiger partial charge in [-0.15, -0.1) is 34.0 Å². The molecule has 3 atom stereocenters. The fraction of sp³-hybridized carbons (Fsp3) is 0.289. The lowest BCUT2D eigenvalue weighted by Gasteiger charge is -2.32. The number of thiazole rings is 3. The smallest absolute Gasteiger partial charge is 0.532 e. The van der Waals surface area contributed by atoms with Gasteiger partial charge in [0, 0.05) is 103 Å². The second-order valence-corrected chi connectivity index (χ2v) is 40.0. The maximum absolute atomic E-state index is 15.0. The highest BCUT2D eigenvalue weighted by atomic mass is 79.9. The highest BCUT2D eigenvalue weighted by Crippen LogP contribution is 2.46. The van der Waals surface area contributed by atoms with E-state index in [-0.39, 0.29) is 101 Å². The van der Waals surface area contributed by atoms with Crippen LogP contribution >= 0.6 is 49.9 Å². The molecule has 3 aliphatic carbocycles. The van der Waals surface area contributed by atoms with Crippen molar-refractivity contribution in [3.8, 4) is 71.8 Å². The van der Waals surface area contributed by atoms with Crippen LogP contribution in [-0.2, 0) is 91.1 Å². The minimum Gasteiger partial charge on any atom is -0.755 e. The molecule has 4 fully saturated rings. The van der Waals surface area contributed by atoms with E-state index in [0.717, 1.165) is 95.1 Å². The van der Waals surface area contributed by atoms with Crippen LogP contribution in [0.25, 0.3) is 71.8 Å². The Labute approximate surface area is 827 Å². The standard InChI is InChI=1S/C31H28F2N4O5S2.C29H24F2N4O5S2.C26H23BrF2N4O4S2.C11H17BO3/c1-3-41-30(38)26-16-43-31(34-26)37-27(14-18-5-6-18)22(12-19-7-10-25(24(33)13-19)36-44(39)40)29(35-37)20-8-9-23(32)21(15-20)28-11-4-17(2)42-28;1-15-2-9-26(40-15)19-13-18(6-7-21(19)30)27-20(10-17-5-8-23(22(31)11-17)34-42(38)39)25(12-16-3-4-16)35(33-27)29-32-24(14-41-29)28(36)37;1-2-37-25(34)22-13-38-26(30-22)33-23(11-14-3-4-14)17(24(31-33)16-6-7-19(28)18(27)12-16)9-15-5-8-21(20(29)10-15)32-39(35)36;1-8-6-7-9(13-8)12-14-10(2,3)11(4,5)15-12/h4,7-11,13,15-16,18,36H,3,5-6,12,14H2,1-2H3,(H,39,40);2,5-9,11,13-14,16,34H,3-4,10,12H2,1H3,(H,36,37)(H,38,39);5-8,10,12-14,32H,2-4,9,11H2,1H3,(H,35,36);6-7H,1-5H3/p-3. The lowest BCUT2D eigenvalue weighted by Crippen LogP contribution is -2.41. The second-order valence-electron chi connectivity index (χ2n) is 34.7. The molecule has 3 saturated carbocycles. The van der Waals surface area contributed by atoms with Gasteiger partial charge in [-0.1, -0.05) is 18.2 Å². The molecule has 0 amide bonds. The predicted molar refractivity (Wildman–Crippen MR) is 519 cm³/mol. The molecule has 9 aromatic heterocycles. The number of aromatic carboxylic acids is 1. The van der Waals surface area contributed by atoms with Crippen molar-refractivity contribution in [3.63, 3.8) is 0 Å². The minimum atomic E-state index is -2.68. The number of carbonyl (C=O) groups is 3. The van der Waals surface area contributed by atoms with Gasteiger partial charge in [-0.25, -0.2) is 69.7 Å². The first-order valence-corrected chi connectivity index (χ1v) is 50.9. The quantitative estimate of drug-likeness (QED) is 0.0132. The summed E-state index contributed by atoms with van der Waals surface area (Å²) in [5, 5.41) is 30.2. The molecule has 0 spiro atoms. The van der Waals surface area contributed by atoms with Gasteiger partial charge in [-0.05, 0) is 298 Å². The highest BCUT2D eigenvalue weighted by Gasteiger charge is 2.53. The van der Waals surface area contributed by atoms with Crippen LogP contribution in [-0.4, -0.2) is 125 Å². The fourth-order valence-corrected chi connectivity index (χ4v) is 19.3. The average Bonchev–Trinajstić information content (AvgIpc) is 1.62. The molecule has 43 heteroatoms. The number of carbonyl (C=O) groups excluding carboxylic acids is 2. The van der Waals surface area contributed by atoms with E-state index in [1.165, 1.54) is 82.7 Å². The summed E-state index contributed by atoms with van der Waals surface area (Å²) < 4.78 is 205. The third-order valence-electron chi connectivity index (χ3n) is 23.8. The summed E-state index contributed by atoms with van der Waals surface area (Å²) in [5.41, 5.74) is 10.4. The van der Waals surface area contributed by atoms with Crippen LogP contribution in [0.3, 0.4) is 0 Å². The number of carboxylic acid groups (broad SMARTS) is 1. The number of rotatable bonds is 32. The van der Waals surface area contributed by atoms with Gasteiger partial charge in [-0.3, -0.25) is 12.6 Å². The normalized spacial score (nSPS) is 14.8. The Morgan fingerprint density at radius 2 is 0.800 bits per heavy atom. The number of nitrogens with zero attached hydrogens (tertiary/aromatic N) is 9. The van der Waals surface area contributed by atoms with E-state index in [9.17, 15) is 67.7 Å². The number of aromatic nitrogens is 9. The first-order valence-electron chi connectivity index (χ1n) is 44.2. The summed E-state index contributed by atoms with van der Waals surface area (Å²) in [5.74, 6) is -1.58. The molecule has 19 rings (SSSR count). The zero-order valence-electron chi connectivity index (χ0n) is 76.4. The van der Waals surface area contributed by atoms with Crippen LogP contribution in [0.15, 0.2) is 179 Å². The number of benzene rings is 6. The van der Waals surface area contributed by atoms with Crippen LogP contribution in [0, 0.1) is 73.4 Å². The van der Waals surface area contributed by atoms with Crippen molar-refractivity contribution in [3.05, 3.63) is 286 Å². The van der Waals surface area contributed by atoms with Crippen LogP contribution in [0.4, 0.5) is 43.4 Å². The Balaban J connectivity index is 0.000000141. The van der Waals surface area contributed by atoms with E-state index in [0.29, 0.717) is 126 Å². The average molecular weight is 2090 g/mol. The summed E-state index contributed by atoms with van der Waals surface area (Å²) >= 11 is -1.13. The number of nitrogens with one attached hydrogen (secondary N) is 3. The molecule has 0 bridgehead atoms. The van der Waals surface area contributed by atoms with Crippen molar-refractivity contribution in [1.82, 2.24) is 44.3 Å². The molecule has 6 aromatic carbocycles. The number of furan rings is 3. The second kappa shape index (κ2) is 43.1. The van der Waals surface area contributed by atoms with Gasteiger partial charge in [0.15, 0.2) is 17.1 Å². The van der Waals surface area contributed by atoms with E-state index < -0.39 is 86.6 Å². The van der Waals surface area contributed by atoms with Crippen molar-refractivity contribution in [2.45, 2.75) is 151 Å². The Bertz CT molecular complexity index is 7220. The third-order valence-corrected chi connectivity index (χ3v) is 28.0. The number of halogens is 7. The number of hydrogen-bond acceptors (Lipinski definition) is 25. The third kappa shape index (κ3) is 24.0. The topological polar surface area (TPSA) is 396 Å². The molecule has 1 aliphatic heterocycles. The van der Waals surface area contributed by atoms with Gasteiger partial charge in [0.25, 0.3) is 0 Å². The fourth-order valence-electron chi connectivity index (χ4n) is 15.6. The van der Waals surface area contributed by atoms with Crippen molar-refractivity contribution < 1.29 is 104 Å². The summed E-state index contributed by atoms with van der Waals surface area (Å²) in [6.45, 7) is 17.5. The van der Waals surface area contributed by atoms with Gasteiger partial charge in [0.1, 0.15) is 63.6 Å². The molecule has 4 aliphatic rings. The van der Waals surface area contributed by atoms with Gasteiger partial charge in [0.05, 0.1) is 97.0 Å². The molecule has 140 heavy (non-hydrogen) atoms. The Kier molecular flexibility index (Phi) is 31.1. The Hall–Kier alpha value is -12.1. The number of esters is 2. The van der Waals surface area contributed by atoms with E-state index in [1.54, 1.807) is 131 Å². The van der Waals surface area contributed by atoms with Crippen LogP contribution in [0.2, 0.25) is 0 Å². The monoisotopic (exact) mass is 2090 g/mol. The summed E-state index contributed by atoms with van der Waals surface area (Å²) in [6, 6.07) is 37.4. The van der Waals surface area contributed by atoms with Crippen molar-refractivity contribution in [1.29, 1.82) is 0 Å². The maximum Gasteiger partial charge on any atom is 0.532 e. The van der Waals surface area contributed by atoms with E-state index in [1.807, 2.05) is 56.2 Å². The predicted octanol–water partition coefficient (Wildman–Crippen LogP) is 20.9. The molecule has 10 heterocycles. The van der Waals surface area contributed by atoms with Crippen LogP contribution < -0.4 is 19.8 Å². The van der Waals surface area contributed by atoms with Crippen molar-refractivity contribution in [2.24, 2.45) is 17.8 Å². The first-order chi connectivity index (χ1) is 66.9. The van der Waals surface area contributed by atoms with Gasteiger partial charge < -0.3 is 65.0 Å². The molecule has 3 unspecified atom stereocenters. The van der Waals surface area contributed by atoms with Crippen molar-refractivity contribution in [2.75, 3.05) is 27.4 Å². The summed E-state index contributed by atoms with van der Waals surface area (Å²) in [6.07, 6.45) is 9.01. The van der Waals surface area contributed by atoms with Crippen LogP contribution in [0.5, 0.6) is 0 Å². The number of carboxylic acids is 1. The molecule has 1 saturated heterocycles. The Morgan fingerprint density at radius 1 is 0.464 bits per heavy atom. The van der Waals surface area contributed by atoms with E-state index in [4.69, 9.17) is 47.3 Å². The zero-order valence-corrected chi connectivity index (χ0v) is 82.9. The lowest BCUT2D eigenvalue weighted by atomic mass is 9.86. The Morgan fingerprint density at radius 3 is 1.10 bits per heavy atom. The largest absolute Gasteiger partial charge is 0.755 e. The number of aryl methyl sites for hydroxylation is 3. The number of hydrogen-bond donors (Lipinski definition) is 4. The zero-order chi connectivity index (χ0) is 99.4. The summed E-state index contributed by atoms with van der Waals surface area (Å²) in [4.78, 5) is 49.5. The number of anilines is 3. The molecular formula is C97H89BBrF6N12O17S6-3. The van der Waals surface area contributed by atoms with Crippen LogP contribution in [0.1, 0.15) is 179 Å². The molecule has 0 radical (unpaired) electrons. The highest BCUT2D eigenvalue weighted by molar-refractivity contribution is 9.10. The number of ether oxygens (including phenoxy) is 2. The van der Waals surface area contributed by atoms with Gasteiger partial charge >= 0.3 is 25.0 Å². The summed E-state index contributed by atoms with van der Waals surface area (Å²) in [7, 11) is -0.385. The molecule has 15 aromatic rings. The minimum absolute atomic E-state index is 0.107. The lowest BCUT2D eigenvalue weighted by molar-refractivity contribution is 0.00578. The van der Waals surface area contributed by atoms with E-state index in [2.05, 4.69) is 35.6 Å².